The van der Waals surface area contributed by atoms with Gasteiger partial charge in [0.2, 0.25) is 10.0 Å². The van der Waals surface area contributed by atoms with E-state index in [4.69, 9.17) is 4.98 Å². The molecule has 3 aromatic rings. The van der Waals surface area contributed by atoms with Gasteiger partial charge in [0, 0.05) is 37.1 Å². The van der Waals surface area contributed by atoms with E-state index < -0.39 is 10.0 Å². The highest BCUT2D eigenvalue weighted by molar-refractivity contribution is 7.89. The van der Waals surface area contributed by atoms with Crippen LogP contribution in [0.5, 0.6) is 0 Å². The second-order valence-corrected chi connectivity index (χ2v) is 9.13. The minimum atomic E-state index is -3.52. The maximum Gasteiger partial charge on any atom is 0.246 e. The van der Waals surface area contributed by atoms with Crippen molar-refractivity contribution in [1.29, 1.82) is 0 Å². The zero-order chi connectivity index (χ0) is 19.3. The summed E-state index contributed by atoms with van der Waals surface area (Å²) in [5.74, 6) is 0.252. The van der Waals surface area contributed by atoms with Crippen LogP contribution in [0, 0.1) is 20.8 Å². The number of sulfonamides is 1. The maximum absolute atomic E-state index is 13.0. The van der Waals surface area contributed by atoms with Crippen LogP contribution in [0.25, 0.3) is 11.0 Å². The smallest absolute Gasteiger partial charge is 0.246 e. The normalized spacial score (nSPS) is 17.0. The molecule has 1 saturated heterocycles. The topological polar surface area (TPSA) is 96.8 Å². The van der Waals surface area contributed by atoms with E-state index >= 15 is 0 Å². The number of piperidine rings is 1. The van der Waals surface area contributed by atoms with Crippen LogP contribution in [-0.4, -0.2) is 50.8 Å². The quantitative estimate of drug-likeness (QED) is 0.742. The van der Waals surface area contributed by atoms with E-state index in [0.29, 0.717) is 29.4 Å². The van der Waals surface area contributed by atoms with Crippen LogP contribution in [0.15, 0.2) is 17.0 Å². The summed E-state index contributed by atoms with van der Waals surface area (Å²) in [5, 5.41) is 12.3. The van der Waals surface area contributed by atoms with Crippen LogP contribution in [0.3, 0.4) is 0 Å². The van der Waals surface area contributed by atoms with Crippen molar-refractivity contribution in [3.8, 4) is 0 Å². The van der Waals surface area contributed by atoms with Gasteiger partial charge in [-0.3, -0.25) is 9.78 Å². The molecule has 0 radical (unpaired) electrons. The first-order valence-corrected chi connectivity index (χ1v) is 10.5. The molecule has 0 bridgehead atoms. The third kappa shape index (κ3) is 2.94. The van der Waals surface area contributed by atoms with E-state index in [-0.39, 0.29) is 5.92 Å². The third-order valence-electron chi connectivity index (χ3n) is 5.42. The number of nitrogens with zero attached hydrogens (tertiary/aromatic N) is 5. The van der Waals surface area contributed by atoms with Crippen LogP contribution in [0.4, 0.5) is 0 Å². The number of rotatable bonds is 3. The molecule has 144 valence electrons. The molecule has 8 nitrogen and oxygen atoms in total. The van der Waals surface area contributed by atoms with Crippen LogP contribution in [0.1, 0.15) is 41.5 Å². The zero-order valence-electron chi connectivity index (χ0n) is 16.0. The van der Waals surface area contributed by atoms with Crippen LogP contribution < -0.4 is 0 Å². The van der Waals surface area contributed by atoms with Gasteiger partial charge < -0.3 is 0 Å². The molecule has 0 atom stereocenters. The van der Waals surface area contributed by atoms with Crippen molar-refractivity contribution in [3.05, 3.63) is 34.9 Å². The summed E-state index contributed by atoms with van der Waals surface area (Å²) in [5.41, 5.74) is 3.97. The number of aromatic nitrogens is 5. The molecule has 0 spiro atoms. The molecule has 9 heteroatoms. The molecule has 0 aliphatic carbocycles. The monoisotopic (exact) mass is 388 g/mol. The molecule has 0 unspecified atom stereocenters. The Morgan fingerprint density at radius 1 is 1.11 bits per heavy atom. The number of nitrogens with one attached hydrogen (secondary N) is 1. The predicted molar refractivity (Wildman–Crippen MR) is 102 cm³/mol. The fourth-order valence-electron chi connectivity index (χ4n) is 3.99. The highest BCUT2D eigenvalue weighted by Gasteiger charge is 2.33. The number of hydrogen-bond donors (Lipinski definition) is 1. The fraction of sp³-hybridized carbons (Fsp3) is 0.500. The van der Waals surface area contributed by atoms with E-state index in [0.717, 1.165) is 35.3 Å². The molecule has 1 aliphatic rings. The largest absolute Gasteiger partial charge is 0.281 e. The van der Waals surface area contributed by atoms with E-state index in [1.54, 1.807) is 22.8 Å². The number of aryl methyl sites for hydroxylation is 4. The van der Waals surface area contributed by atoms with Gasteiger partial charge in [-0.05, 0) is 45.7 Å². The third-order valence-corrected chi connectivity index (χ3v) is 7.59. The van der Waals surface area contributed by atoms with E-state index in [9.17, 15) is 8.42 Å². The lowest BCUT2D eigenvalue weighted by Gasteiger charge is -2.31. The lowest BCUT2D eigenvalue weighted by molar-refractivity contribution is 0.316. The summed E-state index contributed by atoms with van der Waals surface area (Å²) >= 11 is 0. The molecule has 3 aromatic heterocycles. The summed E-state index contributed by atoms with van der Waals surface area (Å²) in [4.78, 5) is 5.11. The predicted octanol–water partition coefficient (Wildman–Crippen LogP) is 2.18. The first-order valence-electron chi connectivity index (χ1n) is 9.11. The fourth-order valence-corrected chi connectivity index (χ4v) is 5.79. The molecule has 4 rings (SSSR count). The Morgan fingerprint density at radius 2 is 1.81 bits per heavy atom. The van der Waals surface area contributed by atoms with E-state index in [1.807, 2.05) is 14.0 Å². The van der Waals surface area contributed by atoms with Crippen LogP contribution in [-0.2, 0) is 17.1 Å². The van der Waals surface area contributed by atoms with E-state index in [2.05, 4.69) is 27.4 Å². The van der Waals surface area contributed by atoms with Crippen molar-refractivity contribution in [2.45, 2.75) is 44.4 Å². The average molecular weight is 388 g/mol. The van der Waals surface area contributed by atoms with Gasteiger partial charge in [0.05, 0.1) is 17.1 Å². The lowest BCUT2D eigenvalue weighted by atomic mass is 9.94. The molecule has 1 fully saturated rings. The number of pyridine rings is 1. The Balaban J connectivity index is 1.55. The minimum Gasteiger partial charge on any atom is -0.281 e. The second-order valence-electron chi connectivity index (χ2n) is 7.26. The molecule has 4 heterocycles. The molecule has 0 saturated carbocycles. The van der Waals surface area contributed by atoms with Crippen molar-refractivity contribution in [3.63, 3.8) is 0 Å². The van der Waals surface area contributed by atoms with Gasteiger partial charge in [-0.25, -0.2) is 13.4 Å². The van der Waals surface area contributed by atoms with Crippen LogP contribution >= 0.6 is 0 Å². The molecule has 1 N–H and O–H groups in total. The molecule has 27 heavy (non-hydrogen) atoms. The molecule has 0 aromatic carbocycles. The van der Waals surface area contributed by atoms with Crippen molar-refractivity contribution >= 4 is 21.1 Å². The van der Waals surface area contributed by atoms with Crippen molar-refractivity contribution in [2.75, 3.05) is 13.1 Å². The minimum absolute atomic E-state index is 0.252. The van der Waals surface area contributed by atoms with Gasteiger partial charge in [0.15, 0.2) is 5.65 Å². The lowest BCUT2D eigenvalue weighted by Crippen LogP contribution is -2.38. The summed E-state index contributed by atoms with van der Waals surface area (Å²) in [7, 11) is -1.62. The Bertz CT molecular complexity index is 1090. The first kappa shape index (κ1) is 18.1. The highest BCUT2D eigenvalue weighted by Crippen LogP contribution is 2.32. The Morgan fingerprint density at radius 3 is 2.44 bits per heavy atom. The van der Waals surface area contributed by atoms with Crippen molar-refractivity contribution < 1.29 is 8.42 Å². The molecule has 1 aliphatic heterocycles. The number of aromatic amines is 1. The zero-order valence-corrected chi connectivity index (χ0v) is 16.8. The second kappa shape index (κ2) is 6.42. The van der Waals surface area contributed by atoms with Gasteiger partial charge in [-0.1, -0.05) is 0 Å². The van der Waals surface area contributed by atoms with E-state index in [1.165, 1.54) is 0 Å². The number of H-pyrrole nitrogens is 1. The number of fused-ring (bicyclic) bond motifs is 1. The summed E-state index contributed by atoms with van der Waals surface area (Å²) in [6.07, 6.45) is 1.51. The van der Waals surface area contributed by atoms with Gasteiger partial charge in [0.25, 0.3) is 0 Å². The van der Waals surface area contributed by atoms with Gasteiger partial charge in [-0.2, -0.15) is 14.5 Å². The highest BCUT2D eigenvalue weighted by atomic mass is 32.2. The summed E-state index contributed by atoms with van der Waals surface area (Å²) < 4.78 is 29.4. The molecular formula is C18H24N6O2S. The van der Waals surface area contributed by atoms with Crippen molar-refractivity contribution in [1.82, 2.24) is 29.3 Å². The average Bonchev–Trinajstić information content (AvgIpc) is 3.13. The van der Waals surface area contributed by atoms with Gasteiger partial charge in [0.1, 0.15) is 4.90 Å². The number of hydrogen-bond acceptors (Lipinski definition) is 5. The first-order chi connectivity index (χ1) is 12.8. The van der Waals surface area contributed by atoms with Gasteiger partial charge in [-0.15, -0.1) is 0 Å². The molecule has 0 amide bonds. The van der Waals surface area contributed by atoms with Crippen molar-refractivity contribution in [2.24, 2.45) is 7.05 Å². The van der Waals surface area contributed by atoms with Crippen LogP contribution in [0.2, 0.25) is 0 Å². The Hall–Kier alpha value is -2.26. The Labute approximate surface area is 158 Å². The summed E-state index contributed by atoms with van der Waals surface area (Å²) in [6.45, 7) is 6.42. The Kier molecular flexibility index (Phi) is 4.31. The SMILES string of the molecule is Cc1n[nH]c(C)c1S(=O)(=O)N1CCC(c2ccc3c(C)nn(C)c3n2)CC1. The standard InChI is InChI=1S/C18H24N6O2S/c1-11-15-5-6-16(19-18(15)23(4)22-11)14-7-9-24(10-8-14)27(25,26)17-12(2)20-21-13(17)3/h5-6,14H,7-10H2,1-4H3,(H,20,21). The summed E-state index contributed by atoms with van der Waals surface area (Å²) in [6, 6.07) is 4.12. The molecular weight excluding hydrogens is 364 g/mol. The van der Waals surface area contributed by atoms with Gasteiger partial charge >= 0.3 is 0 Å². The maximum atomic E-state index is 13.0.